The average molecular weight is 599 g/mol. The number of fused-ring (bicyclic) bond motifs is 8. The van der Waals surface area contributed by atoms with Crippen LogP contribution in [0.5, 0.6) is 0 Å². The van der Waals surface area contributed by atoms with Crippen LogP contribution in [-0.4, -0.2) is 64.2 Å². The van der Waals surface area contributed by atoms with Gasteiger partial charge in [-0.25, -0.2) is 9.97 Å². The minimum atomic E-state index is -1.06. The standard InChI is InChI=1S/C32H30N4O8/c1-13-17(5-29(37)38)25-10-23-15(3)19(7-31(41)42)27(35-23)12-28-20(8-32(43)44)16(4)24(36-28)11-26-18(6-30(39)40)14(2)22(34-26)9-21(13)33-25/h9-12,35-36H,5-8H2,1-4H3,(H,37,38)(H,39,40)(H,41,42)(H,43,44). The molecule has 0 aromatic carbocycles. The van der Waals surface area contributed by atoms with Crippen LogP contribution in [0.1, 0.15) is 71.7 Å². The fourth-order valence-electron chi connectivity index (χ4n) is 5.72. The molecule has 2 aliphatic heterocycles. The highest BCUT2D eigenvalue weighted by atomic mass is 16.4. The molecule has 6 N–H and O–H groups in total. The minimum Gasteiger partial charge on any atom is -0.481 e. The number of carboxylic acid groups (broad SMARTS) is 4. The van der Waals surface area contributed by atoms with Gasteiger partial charge < -0.3 is 30.4 Å². The molecule has 44 heavy (non-hydrogen) atoms. The van der Waals surface area contributed by atoms with Gasteiger partial charge in [0.05, 0.1) is 48.5 Å². The molecule has 12 heteroatoms. The van der Waals surface area contributed by atoms with Crippen molar-refractivity contribution >= 4 is 68.2 Å². The van der Waals surface area contributed by atoms with E-state index >= 15 is 0 Å². The Morgan fingerprint density at radius 1 is 0.523 bits per heavy atom. The Bertz CT molecular complexity index is 1890. The first kappa shape index (κ1) is 30.0. The van der Waals surface area contributed by atoms with Gasteiger partial charge in [-0.05, 0) is 96.5 Å². The third-order valence-electron chi connectivity index (χ3n) is 8.11. The van der Waals surface area contributed by atoms with E-state index in [0.717, 1.165) is 0 Å². The van der Waals surface area contributed by atoms with Crippen molar-refractivity contribution < 1.29 is 39.6 Å². The summed E-state index contributed by atoms with van der Waals surface area (Å²) in [5.74, 6) is -4.23. The second-order valence-electron chi connectivity index (χ2n) is 10.9. The molecule has 5 rings (SSSR count). The monoisotopic (exact) mass is 598 g/mol. The normalized spacial score (nSPS) is 13.0. The largest absolute Gasteiger partial charge is 0.481 e. The molecule has 2 aliphatic rings. The lowest BCUT2D eigenvalue weighted by atomic mass is 10.0. The molecule has 0 aliphatic carbocycles. The van der Waals surface area contributed by atoms with Crippen molar-refractivity contribution in [3.63, 3.8) is 0 Å². The first-order valence-corrected chi connectivity index (χ1v) is 13.7. The first-order valence-electron chi connectivity index (χ1n) is 13.7. The summed E-state index contributed by atoms with van der Waals surface area (Å²) in [6.45, 7) is 7.03. The number of nitrogens with zero attached hydrogens (tertiary/aromatic N) is 2. The number of nitrogens with one attached hydrogen (secondary N) is 2. The van der Waals surface area contributed by atoms with Gasteiger partial charge in [-0.3, -0.25) is 19.2 Å². The van der Waals surface area contributed by atoms with E-state index in [9.17, 15) is 39.6 Å². The van der Waals surface area contributed by atoms with E-state index in [1.807, 2.05) is 0 Å². The highest BCUT2D eigenvalue weighted by molar-refractivity contribution is 6.01. The van der Waals surface area contributed by atoms with Gasteiger partial charge in [-0.2, -0.15) is 0 Å². The Kier molecular flexibility index (Phi) is 7.68. The SMILES string of the molecule is CC1=C(CC(=O)O)c2cc3[nH]c(cc4[nH]c(cc5nc(cc1n2)C(C)=C5CC(=O)O)c(C)c4CC(=O)O)c(CC(=O)O)c3C. The predicted molar refractivity (Wildman–Crippen MR) is 163 cm³/mol. The van der Waals surface area contributed by atoms with Crippen LogP contribution < -0.4 is 0 Å². The maximum absolute atomic E-state index is 11.9. The maximum atomic E-state index is 11.9. The molecule has 3 aromatic heterocycles. The van der Waals surface area contributed by atoms with Crippen molar-refractivity contribution in [2.75, 3.05) is 0 Å². The Balaban J connectivity index is 1.99. The van der Waals surface area contributed by atoms with Crippen LogP contribution in [0.2, 0.25) is 0 Å². The van der Waals surface area contributed by atoms with Gasteiger partial charge in [0.15, 0.2) is 0 Å². The number of aliphatic carboxylic acids is 4. The molecule has 0 spiro atoms. The third kappa shape index (κ3) is 5.61. The van der Waals surface area contributed by atoms with Crippen LogP contribution in [0.25, 0.3) is 44.4 Å². The zero-order valence-corrected chi connectivity index (χ0v) is 24.5. The zero-order chi connectivity index (χ0) is 32.0. The van der Waals surface area contributed by atoms with E-state index < -0.39 is 23.9 Å². The number of carboxylic acids is 4. The number of aryl methyl sites for hydroxylation is 2. The Labute approximate surface area is 250 Å². The van der Waals surface area contributed by atoms with E-state index in [1.165, 1.54) is 0 Å². The summed E-state index contributed by atoms with van der Waals surface area (Å²) in [5, 5.41) is 38.7. The molecule has 3 aromatic rings. The smallest absolute Gasteiger partial charge is 0.307 e. The van der Waals surface area contributed by atoms with Gasteiger partial charge in [0.1, 0.15) is 0 Å². The highest BCUT2D eigenvalue weighted by Gasteiger charge is 2.24. The second-order valence-corrected chi connectivity index (χ2v) is 10.9. The molecule has 0 saturated carbocycles. The van der Waals surface area contributed by atoms with Crippen molar-refractivity contribution in [2.24, 2.45) is 0 Å². The number of hydrogen-bond donors (Lipinski definition) is 6. The highest BCUT2D eigenvalue weighted by Crippen LogP contribution is 2.37. The first-order chi connectivity index (χ1) is 20.7. The summed E-state index contributed by atoms with van der Waals surface area (Å²) in [6, 6.07) is 6.71. The fraction of sp³-hybridized carbons (Fsp3) is 0.250. The van der Waals surface area contributed by atoms with Gasteiger partial charge in [0.2, 0.25) is 0 Å². The van der Waals surface area contributed by atoms with E-state index in [2.05, 4.69) is 9.97 Å². The molecule has 8 bridgehead atoms. The quantitative estimate of drug-likeness (QED) is 0.205. The molecule has 0 atom stereocenters. The lowest BCUT2D eigenvalue weighted by molar-refractivity contribution is -0.137. The molecule has 12 nitrogen and oxygen atoms in total. The van der Waals surface area contributed by atoms with Crippen LogP contribution in [-0.2, 0) is 32.0 Å². The van der Waals surface area contributed by atoms with Gasteiger partial charge >= 0.3 is 23.9 Å². The number of aromatic nitrogens is 4. The zero-order valence-electron chi connectivity index (χ0n) is 24.5. The molecular formula is C32H30N4O8. The average Bonchev–Trinajstić information content (AvgIpc) is 3.56. The number of H-pyrrole nitrogens is 2. The Morgan fingerprint density at radius 2 is 0.886 bits per heavy atom. The van der Waals surface area contributed by atoms with Crippen LogP contribution in [0.3, 0.4) is 0 Å². The topological polar surface area (TPSA) is 207 Å². The predicted octanol–water partition coefficient (Wildman–Crippen LogP) is 5.00. The van der Waals surface area contributed by atoms with Gasteiger partial charge in [-0.1, -0.05) is 0 Å². The van der Waals surface area contributed by atoms with E-state index in [1.54, 1.807) is 52.0 Å². The summed E-state index contributed by atoms with van der Waals surface area (Å²) in [5.41, 5.74) is 8.04. The van der Waals surface area contributed by atoms with Gasteiger partial charge in [0.25, 0.3) is 0 Å². The van der Waals surface area contributed by atoms with Gasteiger partial charge in [-0.15, -0.1) is 0 Å². The number of hydrogen-bond acceptors (Lipinski definition) is 6. The van der Waals surface area contributed by atoms with Crippen LogP contribution >= 0.6 is 0 Å². The minimum absolute atomic E-state index is 0.307. The van der Waals surface area contributed by atoms with Crippen LogP contribution in [0, 0.1) is 13.8 Å². The number of carbonyl (C=O) groups is 4. The molecule has 0 fully saturated rings. The fourth-order valence-corrected chi connectivity index (χ4v) is 5.72. The van der Waals surface area contributed by atoms with Crippen molar-refractivity contribution in [1.29, 1.82) is 0 Å². The van der Waals surface area contributed by atoms with Crippen molar-refractivity contribution in [3.05, 3.63) is 69.3 Å². The Morgan fingerprint density at radius 3 is 1.23 bits per heavy atom. The molecule has 5 heterocycles. The van der Waals surface area contributed by atoms with Crippen LogP contribution in [0.15, 0.2) is 24.3 Å². The molecule has 0 unspecified atom stereocenters. The molecule has 0 radical (unpaired) electrons. The summed E-state index contributed by atoms with van der Waals surface area (Å²) in [4.78, 5) is 63.3. The summed E-state index contributed by atoms with van der Waals surface area (Å²) in [6.07, 6.45) is -1.25. The van der Waals surface area contributed by atoms with Crippen molar-refractivity contribution in [1.82, 2.24) is 19.9 Å². The van der Waals surface area contributed by atoms with E-state index in [-0.39, 0.29) is 25.7 Å². The van der Waals surface area contributed by atoms with Gasteiger partial charge in [0, 0.05) is 22.1 Å². The van der Waals surface area contributed by atoms with E-state index in [0.29, 0.717) is 89.4 Å². The Hall–Kier alpha value is -5.52. The molecular weight excluding hydrogens is 568 g/mol. The maximum Gasteiger partial charge on any atom is 0.307 e. The molecule has 0 saturated heterocycles. The van der Waals surface area contributed by atoms with Crippen molar-refractivity contribution in [2.45, 2.75) is 53.4 Å². The lowest BCUT2D eigenvalue weighted by Crippen LogP contribution is -2.01. The summed E-state index contributed by atoms with van der Waals surface area (Å²) >= 11 is 0. The summed E-state index contributed by atoms with van der Waals surface area (Å²) in [7, 11) is 0. The summed E-state index contributed by atoms with van der Waals surface area (Å²) < 4.78 is 0. The van der Waals surface area contributed by atoms with E-state index in [4.69, 9.17) is 9.97 Å². The second kappa shape index (κ2) is 11.3. The van der Waals surface area contributed by atoms with Crippen molar-refractivity contribution in [3.8, 4) is 0 Å². The molecule has 226 valence electrons. The van der Waals surface area contributed by atoms with Crippen LogP contribution in [0.4, 0.5) is 0 Å². The lowest BCUT2D eigenvalue weighted by Gasteiger charge is -2.01. The third-order valence-corrected chi connectivity index (χ3v) is 8.11. The number of aromatic amines is 2. The number of rotatable bonds is 8. The number of allylic oxidation sites excluding steroid dienone is 2. The molecule has 0 amide bonds.